The van der Waals surface area contributed by atoms with Crippen LogP contribution in [0.2, 0.25) is 0 Å². The van der Waals surface area contributed by atoms with Crippen LogP contribution in [0.15, 0.2) is 23.1 Å². The second kappa shape index (κ2) is 5.23. The third-order valence-electron chi connectivity index (χ3n) is 3.60. The van der Waals surface area contributed by atoms with E-state index in [1.54, 1.807) is 12.1 Å². The average Bonchev–Trinajstić information content (AvgIpc) is 2.85. The van der Waals surface area contributed by atoms with E-state index in [1.165, 1.54) is 6.07 Å². The fourth-order valence-electron chi connectivity index (χ4n) is 2.57. The van der Waals surface area contributed by atoms with Crippen molar-refractivity contribution >= 4 is 10.0 Å². The third kappa shape index (κ3) is 2.74. The van der Waals surface area contributed by atoms with E-state index in [9.17, 15) is 8.42 Å². The van der Waals surface area contributed by atoms with Gasteiger partial charge in [-0.3, -0.25) is 0 Å². The highest BCUT2D eigenvalue weighted by Crippen LogP contribution is 2.33. The van der Waals surface area contributed by atoms with Gasteiger partial charge in [0.2, 0.25) is 16.8 Å². The van der Waals surface area contributed by atoms with Crippen LogP contribution in [0.5, 0.6) is 11.5 Å². The molecular weight excluding hydrogens is 280 g/mol. The lowest BCUT2D eigenvalue weighted by Crippen LogP contribution is -2.46. The molecule has 1 aromatic rings. The summed E-state index contributed by atoms with van der Waals surface area (Å²) in [5.74, 6) is 1.06. The van der Waals surface area contributed by atoms with Gasteiger partial charge in [0.05, 0.1) is 4.90 Å². The van der Waals surface area contributed by atoms with Gasteiger partial charge in [-0.05, 0) is 38.4 Å². The molecule has 20 heavy (non-hydrogen) atoms. The number of rotatable bonds is 3. The summed E-state index contributed by atoms with van der Waals surface area (Å²) in [5.41, 5.74) is 0. The minimum atomic E-state index is -3.52. The maximum atomic E-state index is 12.4. The van der Waals surface area contributed by atoms with Crippen LogP contribution in [0, 0.1) is 0 Å². The van der Waals surface area contributed by atoms with E-state index in [2.05, 4.69) is 17.0 Å². The maximum absolute atomic E-state index is 12.4. The van der Waals surface area contributed by atoms with Crippen molar-refractivity contribution in [1.82, 2.24) is 10.0 Å². The van der Waals surface area contributed by atoms with Gasteiger partial charge in [0.25, 0.3) is 0 Å². The number of fused-ring (bicyclic) bond motifs is 1. The van der Waals surface area contributed by atoms with Crippen molar-refractivity contribution in [3.63, 3.8) is 0 Å². The lowest BCUT2D eigenvalue weighted by Gasteiger charge is -2.28. The molecule has 110 valence electrons. The second-order valence-corrected chi connectivity index (χ2v) is 6.93. The number of sulfonamides is 1. The lowest BCUT2D eigenvalue weighted by molar-refractivity contribution is 0.174. The summed E-state index contributed by atoms with van der Waals surface area (Å²) in [4.78, 5) is 0.216. The van der Waals surface area contributed by atoms with Crippen molar-refractivity contribution in [3.05, 3.63) is 18.2 Å². The summed E-state index contributed by atoms with van der Waals surface area (Å²) in [6, 6.07) is 4.98. The summed E-state index contributed by atoms with van der Waals surface area (Å²) in [6.07, 6.45) is 1.60. The topological polar surface area (TPSA) is 76.7 Å². The molecule has 0 amide bonds. The van der Waals surface area contributed by atoms with Crippen LogP contribution in [0.3, 0.4) is 0 Å². The minimum absolute atomic E-state index is 0.0262. The average molecular weight is 298 g/mol. The highest BCUT2D eigenvalue weighted by atomic mass is 32.2. The van der Waals surface area contributed by atoms with Crippen molar-refractivity contribution in [2.75, 3.05) is 13.3 Å². The molecule has 2 aliphatic heterocycles. The molecule has 0 aromatic heterocycles. The molecule has 7 heteroatoms. The highest BCUT2D eigenvalue weighted by molar-refractivity contribution is 7.89. The molecule has 0 aliphatic carbocycles. The predicted octanol–water partition coefficient (Wildman–Crippen LogP) is 0.834. The largest absolute Gasteiger partial charge is 0.454 e. The van der Waals surface area contributed by atoms with E-state index in [0.29, 0.717) is 17.5 Å². The Morgan fingerprint density at radius 2 is 2.10 bits per heavy atom. The predicted molar refractivity (Wildman–Crippen MR) is 73.4 cm³/mol. The van der Waals surface area contributed by atoms with E-state index >= 15 is 0 Å². The zero-order valence-corrected chi connectivity index (χ0v) is 12.1. The van der Waals surface area contributed by atoms with Gasteiger partial charge in [0, 0.05) is 18.2 Å². The Morgan fingerprint density at radius 1 is 1.30 bits per heavy atom. The zero-order chi connectivity index (χ0) is 14.2. The molecule has 2 aliphatic rings. The van der Waals surface area contributed by atoms with E-state index in [1.807, 2.05) is 0 Å². The van der Waals surface area contributed by atoms with E-state index < -0.39 is 10.0 Å². The van der Waals surface area contributed by atoms with Gasteiger partial charge in [-0.25, -0.2) is 13.1 Å². The van der Waals surface area contributed by atoms with Crippen molar-refractivity contribution in [2.24, 2.45) is 0 Å². The van der Waals surface area contributed by atoms with Gasteiger partial charge in [-0.15, -0.1) is 0 Å². The molecule has 1 saturated heterocycles. The molecule has 2 unspecified atom stereocenters. The van der Waals surface area contributed by atoms with Gasteiger partial charge in [-0.2, -0.15) is 0 Å². The molecule has 2 atom stereocenters. The molecule has 0 radical (unpaired) electrons. The van der Waals surface area contributed by atoms with Crippen LogP contribution < -0.4 is 19.5 Å². The number of hydrogen-bond acceptors (Lipinski definition) is 5. The fourth-order valence-corrected chi connectivity index (χ4v) is 3.87. The third-order valence-corrected chi connectivity index (χ3v) is 5.12. The molecule has 0 saturated carbocycles. The minimum Gasteiger partial charge on any atom is -0.454 e. The van der Waals surface area contributed by atoms with Crippen molar-refractivity contribution in [3.8, 4) is 11.5 Å². The van der Waals surface area contributed by atoms with Crippen LogP contribution in [-0.2, 0) is 10.0 Å². The van der Waals surface area contributed by atoms with Gasteiger partial charge in [0.1, 0.15) is 0 Å². The van der Waals surface area contributed by atoms with Crippen LogP contribution in [0.25, 0.3) is 0 Å². The Balaban J connectivity index is 1.77. The smallest absolute Gasteiger partial charge is 0.240 e. The molecule has 0 spiro atoms. The van der Waals surface area contributed by atoms with Gasteiger partial charge >= 0.3 is 0 Å². The van der Waals surface area contributed by atoms with E-state index in [4.69, 9.17) is 9.47 Å². The second-order valence-electron chi connectivity index (χ2n) is 5.21. The molecule has 0 bridgehead atoms. The van der Waals surface area contributed by atoms with E-state index in [-0.39, 0.29) is 17.7 Å². The van der Waals surface area contributed by atoms with E-state index in [0.717, 1.165) is 19.4 Å². The molecular formula is C13H18N2O4S. The molecule has 2 heterocycles. The molecule has 1 fully saturated rings. The Hall–Kier alpha value is -1.31. The first-order valence-electron chi connectivity index (χ1n) is 6.70. The summed E-state index contributed by atoms with van der Waals surface area (Å²) in [6.45, 7) is 3.02. The molecule has 6 nitrogen and oxygen atoms in total. The Kier molecular flexibility index (Phi) is 3.57. The number of nitrogens with one attached hydrogen (secondary N) is 2. The fraction of sp³-hybridized carbons (Fsp3) is 0.538. The zero-order valence-electron chi connectivity index (χ0n) is 11.3. The molecule has 3 rings (SSSR count). The lowest BCUT2D eigenvalue weighted by atomic mass is 10.0. The summed E-state index contributed by atoms with van der Waals surface area (Å²) < 4.78 is 37.9. The summed E-state index contributed by atoms with van der Waals surface area (Å²) in [5, 5.41) is 3.30. The summed E-state index contributed by atoms with van der Waals surface area (Å²) >= 11 is 0. The van der Waals surface area contributed by atoms with Gasteiger partial charge in [0.15, 0.2) is 11.5 Å². The highest BCUT2D eigenvalue weighted by Gasteiger charge is 2.26. The molecule has 1 aromatic carbocycles. The Bertz CT molecular complexity index is 602. The van der Waals surface area contributed by atoms with Crippen LogP contribution in [-0.4, -0.2) is 33.8 Å². The van der Waals surface area contributed by atoms with Crippen molar-refractivity contribution in [2.45, 2.75) is 36.7 Å². The van der Waals surface area contributed by atoms with Crippen molar-refractivity contribution < 1.29 is 17.9 Å². The SMILES string of the molecule is CC1CC(NS(=O)(=O)c2ccc3c(c2)OCO3)CCN1. The first-order valence-corrected chi connectivity index (χ1v) is 8.18. The number of hydrogen-bond donors (Lipinski definition) is 2. The van der Waals surface area contributed by atoms with Gasteiger partial charge in [-0.1, -0.05) is 0 Å². The monoisotopic (exact) mass is 298 g/mol. The first kappa shape index (κ1) is 13.7. The normalized spacial score (nSPS) is 25.6. The van der Waals surface area contributed by atoms with Crippen LogP contribution >= 0.6 is 0 Å². The van der Waals surface area contributed by atoms with Crippen LogP contribution in [0.4, 0.5) is 0 Å². The summed E-state index contributed by atoms with van der Waals surface area (Å²) in [7, 11) is -3.52. The van der Waals surface area contributed by atoms with Crippen LogP contribution in [0.1, 0.15) is 19.8 Å². The molecule has 2 N–H and O–H groups in total. The quantitative estimate of drug-likeness (QED) is 0.864. The Labute approximate surface area is 118 Å². The van der Waals surface area contributed by atoms with Crippen molar-refractivity contribution in [1.29, 1.82) is 0 Å². The maximum Gasteiger partial charge on any atom is 0.240 e. The first-order chi connectivity index (χ1) is 9.54. The Morgan fingerprint density at radius 3 is 2.90 bits per heavy atom. The van der Waals surface area contributed by atoms with Gasteiger partial charge < -0.3 is 14.8 Å². The number of benzene rings is 1. The number of ether oxygens (including phenoxy) is 2. The number of piperidine rings is 1. The standard InChI is InChI=1S/C13H18N2O4S/c1-9-6-10(4-5-14-9)15-20(16,17)11-2-3-12-13(7-11)19-8-18-12/h2-3,7,9-10,14-15H,4-6,8H2,1H3.